The van der Waals surface area contributed by atoms with E-state index in [0.29, 0.717) is 36.7 Å². The summed E-state index contributed by atoms with van der Waals surface area (Å²) in [4.78, 5) is 16.4. The number of benzene rings is 2. The number of guanidine groups is 1. The summed E-state index contributed by atoms with van der Waals surface area (Å²) in [6, 6.07) is 9.41. The van der Waals surface area contributed by atoms with Crippen molar-refractivity contribution >= 4 is 11.9 Å². The molecule has 0 aliphatic rings. The summed E-state index contributed by atoms with van der Waals surface area (Å²) in [6.45, 7) is 4.98. The molecular weight excluding hydrogens is 366 g/mol. The van der Waals surface area contributed by atoms with Crippen molar-refractivity contribution in [3.05, 3.63) is 65.2 Å². The highest BCUT2D eigenvalue weighted by Gasteiger charge is 2.11. The molecule has 0 fully saturated rings. The molecule has 1 unspecified atom stereocenters. The molecule has 0 aromatic heterocycles. The van der Waals surface area contributed by atoms with Gasteiger partial charge >= 0.3 is 0 Å². The number of phenols is 1. The summed E-state index contributed by atoms with van der Waals surface area (Å²) in [7, 11) is 0. The number of amides is 1. The Morgan fingerprint density at radius 1 is 1.11 bits per heavy atom. The number of aromatic hydroxyl groups is 1. The largest absolute Gasteiger partial charge is 0.508 e. The zero-order chi connectivity index (χ0) is 20.5. The molecule has 0 bridgehead atoms. The highest BCUT2D eigenvalue weighted by molar-refractivity contribution is 5.94. The van der Waals surface area contributed by atoms with Crippen molar-refractivity contribution in [1.29, 1.82) is 0 Å². The number of carbonyl (C=O) groups is 1. The minimum absolute atomic E-state index is 0.0951. The standard InChI is InChI=1S/C20H24F2N4O2/c1-3-23-20(26-13(2)15-6-9-17(21)18(22)12-15)25-11-10-24-19(28)14-4-7-16(27)8-5-14/h4-9,12-13,27H,3,10-11H2,1-2H3,(H,24,28)(H2,23,25,26). The zero-order valence-electron chi connectivity index (χ0n) is 15.8. The van der Waals surface area contributed by atoms with Crippen LogP contribution in [-0.4, -0.2) is 36.6 Å². The van der Waals surface area contributed by atoms with E-state index in [1.807, 2.05) is 13.8 Å². The third-order valence-corrected chi connectivity index (χ3v) is 3.94. The molecule has 0 saturated heterocycles. The van der Waals surface area contributed by atoms with Crippen molar-refractivity contribution < 1.29 is 18.7 Å². The Morgan fingerprint density at radius 3 is 2.46 bits per heavy atom. The number of halogens is 2. The van der Waals surface area contributed by atoms with Gasteiger partial charge in [-0.15, -0.1) is 0 Å². The van der Waals surface area contributed by atoms with Crippen molar-refractivity contribution in [1.82, 2.24) is 16.0 Å². The third-order valence-electron chi connectivity index (χ3n) is 3.94. The van der Waals surface area contributed by atoms with Gasteiger partial charge in [0, 0.05) is 18.7 Å². The van der Waals surface area contributed by atoms with Gasteiger partial charge in [0.15, 0.2) is 17.6 Å². The second kappa shape index (κ2) is 10.2. The Hall–Kier alpha value is -3.16. The second-order valence-corrected chi connectivity index (χ2v) is 6.10. The van der Waals surface area contributed by atoms with Crippen LogP contribution in [0, 0.1) is 11.6 Å². The molecule has 2 rings (SSSR count). The Morgan fingerprint density at radius 2 is 1.82 bits per heavy atom. The Bertz CT molecular complexity index is 825. The van der Waals surface area contributed by atoms with E-state index in [2.05, 4.69) is 20.9 Å². The minimum Gasteiger partial charge on any atom is -0.508 e. The monoisotopic (exact) mass is 390 g/mol. The number of nitrogens with one attached hydrogen (secondary N) is 3. The molecule has 0 spiro atoms. The van der Waals surface area contributed by atoms with Crippen LogP contribution in [0.3, 0.4) is 0 Å². The number of hydrogen-bond acceptors (Lipinski definition) is 3. The van der Waals surface area contributed by atoms with Gasteiger partial charge in [0.2, 0.25) is 0 Å². The molecule has 0 saturated carbocycles. The van der Waals surface area contributed by atoms with Crippen molar-refractivity contribution in [3.63, 3.8) is 0 Å². The van der Waals surface area contributed by atoms with Gasteiger partial charge in [-0.2, -0.15) is 0 Å². The highest BCUT2D eigenvalue weighted by Crippen LogP contribution is 2.15. The third kappa shape index (κ3) is 6.22. The molecule has 2 aromatic rings. The zero-order valence-corrected chi connectivity index (χ0v) is 15.8. The lowest BCUT2D eigenvalue weighted by molar-refractivity contribution is 0.0955. The first-order valence-corrected chi connectivity index (χ1v) is 8.97. The maximum absolute atomic E-state index is 13.4. The van der Waals surface area contributed by atoms with Crippen LogP contribution in [0.4, 0.5) is 8.78 Å². The first kappa shape index (κ1) is 21.1. The quantitative estimate of drug-likeness (QED) is 0.333. The molecule has 0 heterocycles. The van der Waals surface area contributed by atoms with Gasteiger partial charge in [-0.05, 0) is 55.8 Å². The van der Waals surface area contributed by atoms with E-state index in [1.54, 1.807) is 0 Å². The molecule has 1 amide bonds. The van der Waals surface area contributed by atoms with Crippen LogP contribution < -0.4 is 16.0 Å². The van der Waals surface area contributed by atoms with Crippen LogP contribution in [0.5, 0.6) is 5.75 Å². The predicted molar refractivity (Wildman–Crippen MR) is 104 cm³/mol. The molecule has 0 radical (unpaired) electrons. The fraction of sp³-hybridized carbons (Fsp3) is 0.300. The van der Waals surface area contributed by atoms with Crippen molar-refractivity contribution in [2.75, 3.05) is 19.6 Å². The summed E-state index contributed by atoms with van der Waals surface area (Å²) < 4.78 is 26.5. The van der Waals surface area contributed by atoms with Gasteiger partial charge in [0.25, 0.3) is 5.91 Å². The van der Waals surface area contributed by atoms with E-state index in [-0.39, 0.29) is 17.7 Å². The minimum atomic E-state index is -0.898. The molecule has 0 aliphatic heterocycles. The van der Waals surface area contributed by atoms with E-state index < -0.39 is 11.6 Å². The molecule has 0 aliphatic carbocycles. The Balaban J connectivity index is 1.89. The van der Waals surface area contributed by atoms with Gasteiger partial charge in [-0.3, -0.25) is 9.79 Å². The van der Waals surface area contributed by atoms with Gasteiger partial charge in [0.05, 0.1) is 12.6 Å². The summed E-state index contributed by atoms with van der Waals surface area (Å²) in [6.07, 6.45) is 0. The van der Waals surface area contributed by atoms with Crippen LogP contribution >= 0.6 is 0 Å². The number of rotatable bonds is 7. The first-order valence-electron chi connectivity index (χ1n) is 8.97. The van der Waals surface area contributed by atoms with E-state index in [1.165, 1.54) is 30.3 Å². The average Bonchev–Trinajstić information content (AvgIpc) is 2.67. The maximum atomic E-state index is 13.4. The smallest absolute Gasteiger partial charge is 0.251 e. The molecule has 28 heavy (non-hydrogen) atoms. The van der Waals surface area contributed by atoms with E-state index in [4.69, 9.17) is 0 Å². The summed E-state index contributed by atoms with van der Waals surface area (Å²) in [5.41, 5.74) is 1.03. The van der Waals surface area contributed by atoms with Crippen LogP contribution in [0.2, 0.25) is 0 Å². The molecule has 2 aromatic carbocycles. The number of phenolic OH excluding ortho intramolecular Hbond substituents is 1. The first-order chi connectivity index (χ1) is 13.4. The van der Waals surface area contributed by atoms with Crippen molar-refractivity contribution in [2.45, 2.75) is 19.9 Å². The van der Waals surface area contributed by atoms with Crippen LogP contribution in [0.25, 0.3) is 0 Å². The molecule has 8 heteroatoms. The lowest BCUT2D eigenvalue weighted by Gasteiger charge is -2.18. The number of hydrogen-bond donors (Lipinski definition) is 4. The molecule has 4 N–H and O–H groups in total. The fourth-order valence-corrected chi connectivity index (χ4v) is 2.44. The molecule has 6 nitrogen and oxygen atoms in total. The van der Waals surface area contributed by atoms with Crippen molar-refractivity contribution in [2.24, 2.45) is 4.99 Å². The predicted octanol–water partition coefficient (Wildman–Crippen LogP) is 2.72. The number of carbonyl (C=O) groups excluding carboxylic acids is 1. The second-order valence-electron chi connectivity index (χ2n) is 6.10. The number of nitrogens with zero attached hydrogens (tertiary/aromatic N) is 1. The van der Waals surface area contributed by atoms with Gasteiger partial charge < -0.3 is 21.1 Å². The van der Waals surface area contributed by atoms with E-state index >= 15 is 0 Å². The van der Waals surface area contributed by atoms with Crippen molar-refractivity contribution in [3.8, 4) is 5.75 Å². The average molecular weight is 390 g/mol. The van der Waals surface area contributed by atoms with Gasteiger partial charge in [-0.1, -0.05) is 6.07 Å². The molecular formula is C20H24F2N4O2. The summed E-state index contributed by atoms with van der Waals surface area (Å²) in [5.74, 6) is -1.45. The van der Waals surface area contributed by atoms with Crippen LogP contribution in [0.15, 0.2) is 47.5 Å². The normalized spacial score (nSPS) is 12.4. The topological polar surface area (TPSA) is 85.8 Å². The van der Waals surface area contributed by atoms with Crippen LogP contribution in [0.1, 0.15) is 35.8 Å². The van der Waals surface area contributed by atoms with E-state index in [0.717, 1.165) is 12.1 Å². The molecule has 150 valence electrons. The number of aliphatic imine (C=N–C) groups is 1. The Labute approximate surface area is 162 Å². The summed E-state index contributed by atoms with van der Waals surface area (Å²) in [5, 5.41) is 18.2. The Kier molecular flexibility index (Phi) is 7.74. The fourth-order valence-electron chi connectivity index (χ4n) is 2.44. The lowest BCUT2D eigenvalue weighted by atomic mass is 10.1. The SMILES string of the molecule is CCNC(=NCCNC(=O)c1ccc(O)cc1)NC(C)c1ccc(F)c(F)c1. The molecule has 1 atom stereocenters. The summed E-state index contributed by atoms with van der Waals surface area (Å²) >= 11 is 0. The van der Waals surface area contributed by atoms with E-state index in [9.17, 15) is 18.7 Å². The maximum Gasteiger partial charge on any atom is 0.251 e. The highest BCUT2D eigenvalue weighted by atomic mass is 19.2. The van der Waals surface area contributed by atoms with Crippen LogP contribution in [-0.2, 0) is 0 Å². The van der Waals surface area contributed by atoms with Gasteiger partial charge in [0.1, 0.15) is 5.75 Å². The van der Waals surface area contributed by atoms with Gasteiger partial charge in [-0.25, -0.2) is 8.78 Å². The lowest BCUT2D eigenvalue weighted by Crippen LogP contribution is -2.39.